The molecule has 3 rings (SSSR count). The molecule has 1 aliphatic rings. The van der Waals surface area contributed by atoms with Crippen LogP contribution in [-0.2, 0) is 11.2 Å². The number of carboxylic acids is 1. The van der Waals surface area contributed by atoms with Crippen molar-refractivity contribution in [3.05, 3.63) is 34.1 Å². The molecule has 0 aliphatic heterocycles. The van der Waals surface area contributed by atoms with Crippen molar-refractivity contribution in [1.82, 2.24) is 10.1 Å². The molecule has 5 nitrogen and oxygen atoms in total. The molecule has 0 aromatic carbocycles. The monoisotopic (exact) mass is 278 g/mol. The summed E-state index contributed by atoms with van der Waals surface area (Å²) in [5, 5.41) is 15.0. The lowest BCUT2D eigenvalue weighted by molar-refractivity contribution is -0.141. The quantitative estimate of drug-likeness (QED) is 0.930. The summed E-state index contributed by atoms with van der Waals surface area (Å²) in [6, 6.07) is 4.03. The smallest absolute Gasteiger partial charge is 0.306 e. The highest BCUT2D eigenvalue weighted by Crippen LogP contribution is 2.37. The van der Waals surface area contributed by atoms with Crippen molar-refractivity contribution in [3.63, 3.8) is 0 Å². The van der Waals surface area contributed by atoms with Gasteiger partial charge in [0.2, 0.25) is 5.89 Å². The lowest BCUT2D eigenvalue weighted by Crippen LogP contribution is -2.09. The van der Waals surface area contributed by atoms with Crippen molar-refractivity contribution in [2.45, 2.75) is 31.6 Å². The number of hydrogen-bond donors (Lipinski definition) is 1. The van der Waals surface area contributed by atoms with Crippen LogP contribution < -0.4 is 0 Å². The predicted molar refractivity (Wildman–Crippen MR) is 69.1 cm³/mol. The Bertz CT molecular complexity index is 564. The molecule has 0 spiro atoms. The highest BCUT2D eigenvalue weighted by Gasteiger charge is 2.33. The van der Waals surface area contributed by atoms with E-state index in [2.05, 4.69) is 10.1 Å². The topological polar surface area (TPSA) is 76.2 Å². The van der Waals surface area contributed by atoms with Crippen molar-refractivity contribution in [2.75, 3.05) is 0 Å². The van der Waals surface area contributed by atoms with Gasteiger partial charge in [0, 0.05) is 17.2 Å². The SMILES string of the molecule is O=C(O)C1CCC(c2nc(Cc3cccs3)no2)C1. The van der Waals surface area contributed by atoms with E-state index in [0.29, 0.717) is 31.0 Å². The molecule has 0 bridgehead atoms. The minimum absolute atomic E-state index is 0.102. The number of aliphatic carboxylic acids is 1. The van der Waals surface area contributed by atoms with Crippen LogP contribution in [0.3, 0.4) is 0 Å². The van der Waals surface area contributed by atoms with Gasteiger partial charge in [-0.15, -0.1) is 11.3 Å². The summed E-state index contributed by atoms with van der Waals surface area (Å²) in [7, 11) is 0. The molecule has 1 saturated carbocycles. The number of hydrogen-bond acceptors (Lipinski definition) is 5. The summed E-state index contributed by atoms with van der Waals surface area (Å²) >= 11 is 1.66. The van der Waals surface area contributed by atoms with Crippen LogP contribution in [0, 0.1) is 5.92 Å². The third kappa shape index (κ3) is 2.68. The van der Waals surface area contributed by atoms with E-state index in [1.54, 1.807) is 11.3 Å². The van der Waals surface area contributed by atoms with Gasteiger partial charge in [-0.3, -0.25) is 4.79 Å². The van der Waals surface area contributed by atoms with Crippen molar-refractivity contribution >= 4 is 17.3 Å². The maximum atomic E-state index is 10.9. The summed E-state index contributed by atoms with van der Waals surface area (Å²) in [6.45, 7) is 0. The average molecular weight is 278 g/mol. The number of carboxylic acid groups (broad SMARTS) is 1. The Morgan fingerprint density at radius 3 is 3.11 bits per heavy atom. The van der Waals surface area contributed by atoms with Gasteiger partial charge in [0.05, 0.1) is 5.92 Å². The Kier molecular flexibility index (Phi) is 3.33. The molecular weight excluding hydrogens is 264 g/mol. The van der Waals surface area contributed by atoms with Gasteiger partial charge in [0.15, 0.2) is 5.82 Å². The minimum Gasteiger partial charge on any atom is -0.481 e. The Morgan fingerprint density at radius 1 is 1.53 bits per heavy atom. The normalized spacial score (nSPS) is 22.7. The van der Waals surface area contributed by atoms with E-state index in [-0.39, 0.29) is 11.8 Å². The van der Waals surface area contributed by atoms with Crippen LogP contribution in [0.2, 0.25) is 0 Å². The summed E-state index contributed by atoms with van der Waals surface area (Å²) in [4.78, 5) is 16.5. The Labute approximate surface area is 114 Å². The third-order valence-electron chi connectivity index (χ3n) is 3.53. The van der Waals surface area contributed by atoms with E-state index in [4.69, 9.17) is 9.63 Å². The first-order chi connectivity index (χ1) is 9.22. The molecule has 100 valence electrons. The van der Waals surface area contributed by atoms with Crippen LogP contribution >= 0.6 is 11.3 Å². The highest BCUT2D eigenvalue weighted by molar-refractivity contribution is 7.09. The fourth-order valence-corrected chi connectivity index (χ4v) is 3.21. The molecule has 2 aromatic heterocycles. The summed E-state index contributed by atoms with van der Waals surface area (Å²) < 4.78 is 5.28. The largest absolute Gasteiger partial charge is 0.481 e. The van der Waals surface area contributed by atoms with E-state index < -0.39 is 5.97 Å². The third-order valence-corrected chi connectivity index (χ3v) is 4.40. The minimum atomic E-state index is -0.721. The van der Waals surface area contributed by atoms with E-state index in [1.807, 2.05) is 17.5 Å². The van der Waals surface area contributed by atoms with E-state index in [0.717, 1.165) is 6.42 Å². The predicted octanol–water partition coefficient (Wildman–Crippen LogP) is 2.69. The first kappa shape index (κ1) is 12.3. The van der Waals surface area contributed by atoms with Gasteiger partial charge in [-0.25, -0.2) is 0 Å². The summed E-state index contributed by atoms with van der Waals surface area (Å²) in [6.07, 6.45) is 2.80. The number of nitrogens with zero attached hydrogens (tertiary/aromatic N) is 2. The van der Waals surface area contributed by atoms with Crippen molar-refractivity contribution in [3.8, 4) is 0 Å². The Morgan fingerprint density at radius 2 is 2.42 bits per heavy atom. The average Bonchev–Trinajstić information content (AvgIpc) is 3.09. The van der Waals surface area contributed by atoms with Crippen LogP contribution in [0.4, 0.5) is 0 Å². The second kappa shape index (κ2) is 5.13. The lowest BCUT2D eigenvalue weighted by Gasteiger charge is -2.02. The molecule has 6 heteroatoms. The van der Waals surface area contributed by atoms with Crippen molar-refractivity contribution < 1.29 is 14.4 Å². The number of carbonyl (C=O) groups is 1. The number of rotatable bonds is 4. The zero-order valence-corrected chi connectivity index (χ0v) is 11.1. The zero-order valence-electron chi connectivity index (χ0n) is 10.3. The molecule has 2 unspecified atom stereocenters. The van der Waals surface area contributed by atoms with Crippen LogP contribution in [0.1, 0.15) is 41.8 Å². The van der Waals surface area contributed by atoms with Gasteiger partial charge in [-0.2, -0.15) is 4.98 Å². The second-order valence-electron chi connectivity index (χ2n) is 4.85. The fourth-order valence-electron chi connectivity index (χ4n) is 2.50. The van der Waals surface area contributed by atoms with Gasteiger partial charge < -0.3 is 9.63 Å². The molecule has 2 atom stereocenters. The van der Waals surface area contributed by atoms with Gasteiger partial charge in [0.25, 0.3) is 0 Å². The number of aromatic nitrogens is 2. The molecule has 2 aromatic rings. The van der Waals surface area contributed by atoms with E-state index in [1.165, 1.54) is 4.88 Å². The second-order valence-corrected chi connectivity index (χ2v) is 5.88. The van der Waals surface area contributed by atoms with Crippen molar-refractivity contribution in [2.24, 2.45) is 5.92 Å². The molecular formula is C13H14N2O3S. The molecule has 1 N–H and O–H groups in total. The molecule has 0 radical (unpaired) electrons. The maximum Gasteiger partial charge on any atom is 0.306 e. The van der Waals surface area contributed by atoms with E-state index >= 15 is 0 Å². The standard InChI is InChI=1S/C13H14N2O3S/c16-13(17)9-4-3-8(6-9)12-14-11(15-18-12)7-10-2-1-5-19-10/h1-2,5,8-9H,3-4,6-7H2,(H,16,17). The first-order valence-electron chi connectivity index (χ1n) is 6.30. The molecule has 1 fully saturated rings. The number of thiophene rings is 1. The maximum absolute atomic E-state index is 10.9. The summed E-state index contributed by atoms with van der Waals surface area (Å²) in [5.74, 6) is 0.385. The van der Waals surface area contributed by atoms with Crippen LogP contribution in [0.25, 0.3) is 0 Å². The Balaban J connectivity index is 1.67. The highest BCUT2D eigenvalue weighted by atomic mass is 32.1. The van der Waals surface area contributed by atoms with Gasteiger partial charge in [0.1, 0.15) is 0 Å². The van der Waals surface area contributed by atoms with Crippen LogP contribution in [0.15, 0.2) is 22.0 Å². The van der Waals surface area contributed by atoms with Gasteiger partial charge in [-0.05, 0) is 30.7 Å². The van der Waals surface area contributed by atoms with Crippen LogP contribution in [-0.4, -0.2) is 21.2 Å². The lowest BCUT2D eigenvalue weighted by atomic mass is 10.1. The Hall–Kier alpha value is -1.69. The first-order valence-corrected chi connectivity index (χ1v) is 7.18. The summed E-state index contributed by atoms with van der Waals surface area (Å²) in [5.41, 5.74) is 0. The van der Waals surface area contributed by atoms with Crippen molar-refractivity contribution in [1.29, 1.82) is 0 Å². The fraction of sp³-hybridized carbons (Fsp3) is 0.462. The molecule has 19 heavy (non-hydrogen) atoms. The molecule has 2 heterocycles. The van der Waals surface area contributed by atoms with Crippen LogP contribution in [0.5, 0.6) is 0 Å². The zero-order chi connectivity index (χ0) is 13.2. The molecule has 0 saturated heterocycles. The van der Waals surface area contributed by atoms with Gasteiger partial charge in [-0.1, -0.05) is 11.2 Å². The molecule has 1 aliphatic carbocycles. The molecule has 0 amide bonds. The van der Waals surface area contributed by atoms with Gasteiger partial charge >= 0.3 is 5.97 Å². The van der Waals surface area contributed by atoms with E-state index in [9.17, 15) is 4.79 Å².